The van der Waals surface area contributed by atoms with Gasteiger partial charge in [-0.25, -0.2) is 4.98 Å². The van der Waals surface area contributed by atoms with E-state index in [0.29, 0.717) is 18.8 Å². The number of hydrogen-bond donors (Lipinski definition) is 2. The zero-order valence-corrected chi connectivity index (χ0v) is 22.2. The lowest BCUT2D eigenvalue weighted by atomic mass is 10.1. The van der Waals surface area contributed by atoms with E-state index in [1.54, 1.807) is 14.2 Å². The first kappa shape index (κ1) is 25.7. The van der Waals surface area contributed by atoms with Crippen LogP contribution in [0, 0.1) is 0 Å². The van der Waals surface area contributed by atoms with Gasteiger partial charge in [0, 0.05) is 53.2 Å². The SMILES string of the molecule is CCC(C)NC(=O)c1csc(CN(CCc2c[nH]c3ccccc23)Cc2ccc(OC)cc2OC)n1. The molecule has 1 atom stereocenters. The summed E-state index contributed by atoms with van der Waals surface area (Å²) in [6.45, 7) is 6.20. The van der Waals surface area contributed by atoms with E-state index < -0.39 is 0 Å². The molecule has 2 heterocycles. The number of ether oxygens (including phenoxy) is 2. The minimum absolute atomic E-state index is 0.117. The van der Waals surface area contributed by atoms with Gasteiger partial charge in [0.2, 0.25) is 0 Å². The molecular formula is C28H34N4O3S. The van der Waals surface area contributed by atoms with Gasteiger partial charge in [0.15, 0.2) is 0 Å². The van der Waals surface area contributed by atoms with Crippen LogP contribution >= 0.6 is 11.3 Å². The number of H-pyrrole nitrogens is 1. The predicted molar refractivity (Wildman–Crippen MR) is 145 cm³/mol. The molecule has 0 aliphatic rings. The van der Waals surface area contributed by atoms with Gasteiger partial charge in [-0.2, -0.15) is 0 Å². The lowest BCUT2D eigenvalue weighted by Gasteiger charge is -2.22. The average molecular weight is 507 g/mol. The molecule has 0 saturated carbocycles. The summed E-state index contributed by atoms with van der Waals surface area (Å²) in [5, 5.41) is 7.01. The van der Waals surface area contributed by atoms with Crippen molar-refractivity contribution in [3.05, 3.63) is 75.9 Å². The molecule has 1 unspecified atom stereocenters. The molecule has 0 saturated heterocycles. The molecule has 2 N–H and O–H groups in total. The van der Waals surface area contributed by atoms with Crippen molar-refractivity contribution in [1.82, 2.24) is 20.2 Å². The molecule has 0 spiro atoms. The summed E-state index contributed by atoms with van der Waals surface area (Å²) in [7, 11) is 3.33. The van der Waals surface area contributed by atoms with E-state index in [9.17, 15) is 4.79 Å². The second-order valence-corrected chi connectivity index (χ2v) is 9.85. The first-order chi connectivity index (χ1) is 17.5. The lowest BCUT2D eigenvalue weighted by molar-refractivity contribution is 0.0934. The topological polar surface area (TPSA) is 79.5 Å². The summed E-state index contributed by atoms with van der Waals surface area (Å²) in [4.78, 5) is 22.9. The summed E-state index contributed by atoms with van der Waals surface area (Å²) in [5.41, 5.74) is 3.98. The van der Waals surface area contributed by atoms with Crippen LogP contribution in [-0.2, 0) is 19.5 Å². The maximum atomic E-state index is 12.5. The van der Waals surface area contributed by atoms with Gasteiger partial charge < -0.3 is 19.8 Å². The smallest absolute Gasteiger partial charge is 0.270 e. The van der Waals surface area contributed by atoms with Gasteiger partial charge in [-0.15, -0.1) is 11.3 Å². The van der Waals surface area contributed by atoms with Crippen LogP contribution in [0.2, 0.25) is 0 Å². The van der Waals surface area contributed by atoms with Crippen LogP contribution in [0.1, 0.15) is 46.9 Å². The number of fused-ring (bicyclic) bond motifs is 1. The number of methoxy groups -OCH3 is 2. The number of para-hydroxylation sites is 1. The number of aromatic amines is 1. The quantitative estimate of drug-likeness (QED) is 0.268. The van der Waals surface area contributed by atoms with Gasteiger partial charge in [0.25, 0.3) is 5.91 Å². The number of carbonyl (C=O) groups excluding carboxylic acids is 1. The Morgan fingerprint density at radius 3 is 2.75 bits per heavy atom. The Bertz CT molecular complexity index is 1300. The monoisotopic (exact) mass is 506 g/mol. The van der Waals surface area contributed by atoms with E-state index in [4.69, 9.17) is 9.47 Å². The van der Waals surface area contributed by atoms with Gasteiger partial charge in [-0.1, -0.05) is 31.2 Å². The Balaban J connectivity index is 1.53. The molecule has 190 valence electrons. The normalized spacial score (nSPS) is 12.1. The first-order valence-electron chi connectivity index (χ1n) is 12.2. The summed E-state index contributed by atoms with van der Waals surface area (Å²) in [6.07, 6.45) is 3.86. The third kappa shape index (κ3) is 6.25. The Kier molecular flexibility index (Phi) is 8.61. The molecular weight excluding hydrogens is 472 g/mol. The number of rotatable bonds is 12. The fourth-order valence-corrected chi connectivity index (χ4v) is 4.95. The van der Waals surface area contributed by atoms with E-state index >= 15 is 0 Å². The minimum Gasteiger partial charge on any atom is -0.497 e. The Hall–Kier alpha value is -3.36. The molecule has 7 nitrogen and oxygen atoms in total. The Morgan fingerprint density at radius 1 is 1.14 bits per heavy atom. The maximum Gasteiger partial charge on any atom is 0.270 e. The van der Waals surface area contributed by atoms with Crippen molar-refractivity contribution < 1.29 is 14.3 Å². The van der Waals surface area contributed by atoms with Crippen LogP contribution in [-0.4, -0.2) is 47.6 Å². The molecule has 8 heteroatoms. The van der Waals surface area contributed by atoms with Crippen LogP contribution in [0.5, 0.6) is 11.5 Å². The van der Waals surface area contributed by atoms with Crippen LogP contribution < -0.4 is 14.8 Å². The summed E-state index contributed by atoms with van der Waals surface area (Å²) >= 11 is 1.52. The van der Waals surface area contributed by atoms with E-state index in [-0.39, 0.29) is 11.9 Å². The molecule has 1 amide bonds. The highest BCUT2D eigenvalue weighted by molar-refractivity contribution is 7.09. The summed E-state index contributed by atoms with van der Waals surface area (Å²) in [5.74, 6) is 1.44. The number of carbonyl (C=O) groups is 1. The zero-order chi connectivity index (χ0) is 25.5. The van der Waals surface area contributed by atoms with Crippen LogP contribution in [0.3, 0.4) is 0 Å². The molecule has 36 heavy (non-hydrogen) atoms. The molecule has 0 aliphatic carbocycles. The number of aromatic nitrogens is 2. The molecule has 2 aromatic carbocycles. The maximum absolute atomic E-state index is 12.5. The highest BCUT2D eigenvalue weighted by Gasteiger charge is 2.17. The molecule has 0 radical (unpaired) electrons. The highest BCUT2D eigenvalue weighted by Crippen LogP contribution is 2.27. The molecule has 0 aliphatic heterocycles. The number of benzene rings is 2. The van der Waals surface area contributed by atoms with E-state index in [0.717, 1.165) is 47.0 Å². The van der Waals surface area contributed by atoms with Crippen LogP contribution in [0.4, 0.5) is 0 Å². The summed E-state index contributed by atoms with van der Waals surface area (Å²) in [6, 6.07) is 14.4. The van der Waals surface area contributed by atoms with Gasteiger partial charge >= 0.3 is 0 Å². The Labute approximate surface area is 216 Å². The molecule has 0 bridgehead atoms. The van der Waals surface area contributed by atoms with Crippen molar-refractivity contribution in [2.24, 2.45) is 0 Å². The fraction of sp³-hybridized carbons (Fsp3) is 0.357. The number of hydrogen-bond acceptors (Lipinski definition) is 6. The van der Waals surface area contributed by atoms with Gasteiger partial charge in [-0.05, 0) is 37.5 Å². The van der Waals surface area contributed by atoms with Gasteiger partial charge in [0.05, 0.1) is 20.8 Å². The minimum atomic E-state index is -0.117. The second kappa shape index (κ2) is 12.1. The lowest BCUT2D eigenvalue weighted by Crippen LogP contribution is -2.32. The van der Waals surface area contributed by atoms with Crippen molar-refractivity contribution in [1.29, 1.82) is 0 Å². The highest BCUT2D eigenvalue weighted by atomic mass is 32.1. The second-order valence-electron chi connectivity index (χ2n) is 8.91. The fourth-order valence-electron chi connectivity index (χ4n) is 4.13. The third-order valence-corrected chi connectivity index (χ3v) is 7.23. The zero-order valence-electron chi connectivity index (χ0n) is 21.3. The number of nitrogens with one attached hydrogen (secondary N) is 2. The number of amides is 1. The van der Waals surface area contributed by atoms with Crippen molar-refractivity contribution in [2.75, 3.05) is 20.8 Å². The van der Waals surface area contributed by atoms with Crippen LogP contribution in [0.25, 0.3) is 10.9 Å². The van der Waals surface area contributed by atoms with Crippen molar-refractivity contribution in [2.45, 2.75) is 45.8 Å². The van der Waals surface area contributed by atoms with Crippen molar-refractivity contribution in [3.8, 4) is 11.5 Å². The third-order valence-electron chi connectivity index (χ3n) is 6.39. The molecule has 4 aromatic rings. The summed E-state index contributed by atoms with van der Waals surface area (Å²) < 4.78 is 11.0. The van der Waals surface area contributed by atoms with E-state index in [2.05, 4.69) is 51.5 Å². The van der Waals surface area contributed by atoms with Crippen molar-refractivity contribution in [3.63, 3.8) is 0 Å². The van der Waals surface area contributed by atoms with Crippen LogP contribution in [0.15, 0.2) is 54.0 Å². The van der Waals surface area contributed by atoms with Gasteiger partial charge in [-0.3, -0.25) is 9.69 Å². The van der Waals surface area contributed by atoms with Gasteiger partial charge in [0.1, 0.15) is 22.2 Å². The predicted octanol–water partition coefficient (Wildman–Crippen LogP) is 5.41. The average Bonchev–Trinajstić information content (AvgIpc) is 3.54. The van der Waals surface area contributed by atoms with E-state index in [1.165, 1.54) is 22.3 Å². The molecule has 0 fully saturated rings. The molecule has 2 aromatic heterocycles. The largest absolute Gasteiger partial charge is 0.497 e. The Morgan fingerprint density at radius 2 is 1.97 bits per heavy atom. The van der Waals surface area contributed by atoms with E-state index in [1.807, 2.05) is 36.6 Å². The first-order valence-corrected chi connectivity index (χ1v) is 13.1. The standard InChI is InChI=1S/C28H34N4O3S/c1-5-19(2)30-28(33)25-18-36-27(31-25)17-32(16-21-10-11-22(34-3)14-26(21)35-4)13-12-20-15-29-24-9-7-6-8-23(20)24/h6-11,14-15,18-19,29H,5,12-13,16-17H2,1-4H3,(H,30,33). The van der Waals surface area contributed by atoms with Crippen molar-refractivity contribution >= 4 is 28.1 Å². The molecule has 4 rings (SSSR count). The number of nitrogens with zero attached hydrogens (tertiary/aromatic N) is 2. The number of thiazole rings is 1.